The van der Waals surface area contributed by atoms with E-state index in [9.17, 15) is 8.42 Å². The number of thiol groups is 1. The van der Waals surface area contributed by atoms with Gasteiger partial charge in [-0.05, 0) is 25.0 Å². The van der Waals surface area contributed by atoms with Crippen molar-refractivity contribution in [3.63, 3.8) is 0 Å². The Balaban J connectivity index is 2.23. The molecule has 0 aliphatic heterocycles. The molecule has 4 nitrogen and oxygen atoms in total. The van der Waals surface area contributed by atoms with Crippen LogP contribution in [0.3, 0.4) is 0 Å². The first-order valence-electron chi connectivity index (χ1n) is 4.79. The third-order valence-electron chi connectivity index (χ3n) is 1.91. The maximum atomic E-state index is 10.3. The van der Waals surface area contributed by atoms with Crippen molar-refractivity contribution in [2.45, 2.75) is 12.8 Å². The molecule has 0 saturated heterocycles. The summed E-state index contributed by atoms with van der Waals surface area (Å²) in [5, 5.41) is 0. The molecule has 1 aromatic rings. The lowest BCUT2D eigenvalue weighted by Crippen LogP contribution is -2.01. The van der Waals surface area contributed by atoms with Crippen LogP contribution in [0, 0.1) is 0 Å². The molecule has 0 saturated carbocycles. The highest BCUT2D eigenvalue weighted by Crippen LogP contribution is 2.19. The fourth-order valence-electron chi connectivity index (χ4n) is 1.14. The van der Waals surface area contributed by atoms with Gasteiger partial charge < -0.3 is 10.5 Å². The van der Waals surface area contributed by atoms with E-state index in [-0.39, 0.29) is 5.75 Å². The lowest BCUT2D eigenvalue weighted by molar-refractivity contribution is 0.311. The number of nitrogen functional groups attached to an aromatic ring is 1. The van der Waals surface area contributed by atoms with E-state index in [2.05, 4.69) is 0 Å². The Hall–Kier alpha value is -1.23. The number of unbranched alkanes of at least 4 members (excludes halogenated alkanes) is 1. The zero-order valence-electron chi connectivity index (χ0n) is 8.39. The van der Waals surface area contributed by atoms with Crippen LogP contribution in [0.15, 0.2) is 24.3 Å². The molecule has 0 heterocycles. The third kappa shape index (κ3) is 4.69. The maximum absolute atomic E-state index is 10.3. The molecule has 0 radical (unpaired) electrons. The zero-order chi connectivity index (χ0) is 11.1. The Morgan fingerprint density at radius 1 is 1.20 bits per heavy atom. The highest BCUT2D eigenvalue weighted by atomic mass is 32.2. The second-order valence-electron chi connectivity index (χ2n) is 3.15. The van der Waals surface area contributed by atoms with Crippen molar-refractivity contribution in [3.05, 3.63) is 24.3 Å². The smallest absolute Gasteiger partial charge is 0.142 e. The minimum atomic E-state index is -2.26. The number of para-hydroxylation sites is 2. The molecule has 2 N–H and O–H groups in total. The maximum Gasteiger partial charge on any atom is 0.142 e. The number of benzene rings is 1. The SMILES string of the molecule is Nc1ccccc1OCCCC[SH](=O)=O. The van der Waals surface area contributed by atoms with E-state index in [1.54, 1.807) is 12.1 Å². The van der Waals surface area contributed by atoms with Crippen LogP contribution < -0.4 is 10.5 Å². The fourth-order valence-corrected chi connectivity index (χ4v) is 1.62. The summed E-state index contributed by atoms with van der Waals surface area (Å²) in [7, 11) is -2.26. The summed E-state index contributed by atoms with van der Waals surface area (Å²) in [5.74, 6) is 0.882. The molecule has 0 aromatic heterocycles. The van der Waals surface area contributed by atoms with Crippen LogP contribution in [0.4, 0.5) is 5.69 Å². The molecule has 15 heavy (non-hydrogen) atoms. The van der Waals surface area contributed by atoms with E-state index in [0.29, 0.717) is 24.5 Å². The summed E-state index contributed by atoms with van der Waals surface area (Å²) in [6.07, 6.45) is 1.35. The summed E-state index contributed by atoms with van der Waals surface area (Å²) >= 11 is 0. The Morgan fingerprint density at radius 3 is 2.60 bits per heavy atom. The van der Waals surface area contributed by atoms with Gasteiger partial charge in [-0.1, -0.05) is 12.1 Å². The van der Waals surface area contributed by atoms with Crippen LogP contribution in [0.2, 0.25) is 0 Å². The summed E-state index contributed by atoms with van der Waals surface area (Å²) in [6.45, 7) is 0.497. The molecule has 0 bridgehead atoms. The highest BCUT2D eigenvalue weighted by Gasteiger charge is 1.97. The molecular formula is C10H15NO3S. The van der Waals surface area contributed by atoms with E-state index in [1.807, 2.05) is 12.1 Å². The molecule has 0 aliphatic carbocycles. The predicted octanol–water partition coefficient (Wildman–Crippen LogP) is 1.04. The first-order valence-corrected chi connectivity index (χ1v) is 6.15. The first-order chi connectivity index (χ1) is 7.20. The largest absolute Gasteiger partial charge is 0.491 e. The average molecular weight is 229 g/mol. The molecule has 5 heteroatoms. The van der Waals surface area contributed by atoms with Gasteiger partial charge in [0.15, 0.2) is 0 Å². The minimum Gasteiger partial charge on any atom is -0.491 e. The second kappa shape index (κ2) is 6.29. The second-order valence-corrected chi connectivity index (χ2v) is 4.26. The van der Waals surface area contributed by atoms with Gasteiger partial charge >= 0.3 is 0 Å². The van der Waals surface area contributed by atoms with Gasteiger partial charge in [-0.3, -0.25) is 0 Å². The van der Waals surface area contributed by atoms with Gasteiger partial charge in [0, 0.05) is 5.75 Å². The normalized spacial score (nSPS) is 10.5. The quantitative estimate of drug-likeness (QED) is 0.434. The van der Waals surface area contributed by atoms with Crippen molar-refractivity contribution < 1.29 is 13.2 Å². The van der Waals surface area contributed by atoms with E-state index in [1.165, 1.54) is 0 Å². The number of ether oxygens (including phenoxy) is 1. The summed E-state index contributed by atoms with van der Waals surface area (Å²) in [6, 6.07) is 7.25. The standard InChI is InChI=1S/C10H15NO3S/c11-9-5-1-2-6-10(9)14-7-3-4-8-15(12)13/h1-2,5-6,15H,3-4,7-8,11H2. The number of rotatable bonds is 6. The van der Waals surface area contributed by atoms with Crippen molar-refractivity contribution >= 4 is 16.4 Å². The van der Waals surface area contributed by atoms with Gasteiger partial charge in [-0.15, -0.1) is 0 Å². The molecule has 0 aliphatic rings. The van der Waals surface area contributed by atoms with E-state index in [0.717, 1.165) is 6.42 Å². The van der Waals surface area contributed by atoms with Crippen molar-refractivity contribution in [2.24, 2.45) is 0 Å². The summed E-state index contributed by atoms with van der Waals surface area (Å²) < 4.78 is 25.9. The van der Waals surface area contributed by atoms with Crippen molar-refractivity contribution in [2.75, 3.05) is 18.1 Å². The molecule has 0 amide bonds. The summed E-state index contributed by atoms with van der Waals surface area (Å²) in [4.78, 5) is 0. The molecule has 1 aromatic carbocycles. The van der Waals surface area contributed by atoms with Crippen LogP contribution in [-0.4, -0.2) is 20.8 Å². The van der Waals surface area contributed by atoms with Gasteiger partial charge in [0.2, 0.25) is 0 Å². The van der Waals surface area contributed by atoms with Crippen LogP contribution >= 0.6 is 0 Å². The third-order valence-corrected chi connectivity index (χ3v) is 2.59. The molecule has 0 fully saturated rings. The highest BCUT2D eigenvalue weighted by molar-refractivity contribution is 7.72. The average Bonchev–Trinajstić information content (AvgIpc) is 2.20. The Labute approximate surface area is 91.0 Å². The van der Waals surface area contributed by atoms with Gasteiger partial charge in [0.05, 0.1) is 12.3 Å². The van der Waals surface area contributed by atoms with Gasteiger partial charge in [-0.2, -0.15) is 0 Å². The molecule has 84 valence electrons. The first kappa shape index (κ1) is 11.8. The Kier molecular flexibility index (Phi) is 4.97. The number of nitrogens with two attached hydrogens (primary N) is 1. The lowest BCUT2D eigenvalue weighted by Gasteiger charge is -2.07. The predicted molar refractivity (Wildman–Crippen MR) is 60.8 cm³/mol. The van der Waals surface area contributed by atoms with Gasteiger partial charge in [-0.25, -0.2) is 8.42 Å². The zero-order valence-corrected chi connectivity index (χ0v) is 9.28. The van der Waals surface area contributed by atoms with Crippen LogP contribution in [0.1, 0.15) is 12.8 Å². The molecule has 0 unspecified atom stereocenters. The van der Waals surface area contributed by atoms with Crippen LogP contribution in [0.25, 0.3) is 0 Å². The van der Waals surface area contributed by atoms with Crippen molar-refractivity contribution in [1.29, 1.82) is 0 Å². The topological polar surface area (TPSA) is 69.4 Å². The molecule has 0 atom stereocenters. The van der Waals surface area contributed by atoms with Crippen LogP contribution in [0.5, 0.6) is 5.75 Å². The number of hydrogen-bond acceptors (Lipinski definition) is 4. The lowest BCUT2D eigenvalue weighted by atomic mass is 10.3. The fraction of sp³-hybridized carbons (Fsp3) is 0.400. The van der Waals surface area contributed by atoms with Gasteiger partial charge in [0.25, 0.3) is 0 Å². The van der Waals surface area contributed by atoms with E-state index < -0.39 is 10.7 Å². The van der Waals surface area contributed by atoms with Crippen molar-refractivity contribution in [1.82, 2.24) is 0 Å². The minimum absolute atomic E-state index is 0.225. The van der Waals surface area contributed by atoms with Crippen molar-refractivity contribution in [3.8, 4) is 5.75 Å². The van der Waals surface area contributed by atoms with Crippen LogP contribution in [-0.2, 0) is 10.7 Å². The molecule has 0 spiro atoms. The monoisotopic (exact) mass is 229 g/mol. The molecule has 1 rings (SSSR count). The van der Waals surface area contributed by atoms with E-state index >= 15 is 0 Å². The van der Waals surface area contributed by atoms with Gasteiger partial charge in [0.1, 0.15) is 16.5 Å². The Bertz CT molecular complexity index is 369. The number of anilines is 1. The van der Waals surface area contributed by atoms with E-state index in [4.69, 9.17) is 10.5 Å². The summed E-state index contributed by atoms with van der Waals surface area (Å²) in [5.41, 5.74) is 6.27. The number of hydrogen-bond donors (Lipinski definition) is 2. The Morgan fingerprint density at radius 2 is 1.93 bits per heavy atom. The molecular weight excluding hydrogens is 214 g/mol.